The number of allylic oxidation sites excluding steroid dienone is 1. The molecule has 1 heterocycles. The minimum absolute atomic E-state index is 0.155. The Labute approximate surface area is 177 Å². The Morgan fingerprint density at radius 3 is 2.86 bits per heavy atom. The molecule has 2 fully saturated rings. The molecule has 4 atom stereocenters. The summed E-state index contributed by atoms with van der Waals surface area (Å²) in [6.45, 7) is 2.19. The number of aryl methyl sites for hydroxylation is 1. The molecule has 2 N–H and O–H groups in total. The molecule has 2 saturated carbocycles. The molecule has 2 aliphatic carbocycles. The van der Waals surface area contributed by atoms with Crippen molar-refractivity contribution in [1.29, 1.82) is 0 Å². The zero-order chi connectivity index (χ0) is 20.1. The van der Waals surface area contributed by atoms with Crippen molar-refractivity contribution in [3.63, 3.8) is 0 Å². The molecule has 3 nitrogen and oxygen atoms in total. The summed E-state index contributed by atoms with van der Waals surface area (Å²) in [5, 5.41) is 21.9. The lowest BCUT2D eigenvalue weighted by atomic mass is 9.63. The third-order valence-electron chi connectivity index (χ3n) is 7.22. The fraction of sp³-hybridized carbons (Fsp3) is 0.696. The highest BCUT2D eigenvalue weighted by molar-refractivity contribution is 7.12. The van der Waals surface area contributed by atoms with Gasteiger partial charge in [0, 0.05) is 5.38 Å². The summed E-state index contributed by atoms with van der Waals surface area (Å²) < 4.78 is 0. The van der Waals surface area contributed by atoms with Gasteiger partial charge in [0.25, 0.3) is 0 Å². The minimum Gasteiger partial charge on any atom is -0.477 e. The predicted octanol–water partition coefficient (Wildman–Crippen LogP) is 6.29. The minimum atomic E-state index is -0.817. The summed E-state index contributed by atoms with van der Waals surface area (Å²) in [6.07, 6.45) is 14.6. The van der Waals surface area contributed by atoms with Crippen LogP contribution in [0.2, 0.25) is 0 Å². The second-order valence-corrected chi connectivity index (χ2v) is 10.1. The molecule has 1 aromatic rings. The number of hydrogen-bond donors (Lipinski definition) is 2. The monoisotopic (exact) mass is 424 g/mol. The molecule has 0 bridgehead atoms. The van der Waals surface area contributed by atoms with E-state index < -0.39 is 5.97 Å². The molecular formula is C23H33ClO3S. The Kier molecular flexibility index (Phi) is 7.63. The Hall–Kier alpha value is -0.840. The van der Waals surface area contributed by atoms with E-state index in [4.69, 9.17) is 11.6 Å². The highest BCUT2D eigenvalue weighted by Crippen LogP contribution is 2.48. The van der Waals surface area contributed by atoms with Crippen molar-refractivity contribution in [3.8, 4) is 0 Å². The molecule has 0 saturated heterocycles. The lowest BCUT2D eigenvalue weighted by Crippen LogP contribution is -2.40. The molecule has 0 radical (unpaired) electrons. The van der Waals surface area contributed by atoms with E-state index in [0.29, 0.717) is 16.7 Å². The summed E-state index contributed by atoms with van der Waals surface area (Å²) in [5.74, 6) is 0.114. The van der Waals surface area contributed by atoms with Gasteiger partial charge in [-0.05, 0) is 92.0 Å². The normalized spacial score (nSPS) is 27.8. The number of aliphatic hydroxyl groups is 1. The molecule has 0 amide bonds. The number of aliphatic hydroxyl groups excluding tert-OH is 1. The maximum Gasteiger partial charge on any atom is 0.346 e. The number of carboxylic acids is 1. The number of alkyl halides is 1. The van der Waals surface area contributed by atoms with Crippen LogP contribution >= 0.6 is 22.9 Å². The van der Waals surface area contributed by atoms with E-state index in [0.717, 1.165) is 63.4 Å². The van der Waals surface area contributed by atoms with Crippen LogP contribution in [0.3, 0.4) is 0 Å². The Bertz CT molecular complexity index is 674. The fourth-order valence-corrected chi connectivity index (χ4v) is 6.32. The third-order valence-corrected chi connectivity index (χ3v) is 8.67. The molecular weight excluding hydrogens is 392 g/mol. The van der Waals surface area contributed by atoms with Crippen molar-refractivity contribution >= 4 is 28.9 Å². The summed E-state index contributed by atoms with van der Waals surface area (Å²) >= 11 is 7.91. The second-order valence-electron chi connectivity index (χ2n) is 8.65. The van der Waals surface area contributed by atoms with Crippen LogP contribution in [0.1, 0.15) is 79.9 Å². The van der Waals surface area contributed by atoms with Crippen LogP contribution in [-0.4, -0.2) is 27.7 Å². The van der Waals surface area contributed by atoms with E-state index in [1.807, 2.05) is 11.4 Å². The van der Waals surface area contributed by atoms with Gasteiger partial charge in [-0.25, -0.2) is 4.79 Å². The van der Waals surface area contributed by atoms with Crippen molar-refractivity contribution in [2.45, 2.75) is 82.6 Å². The topological polar surface area (TPSA) is 57.5 Å². The standard InChI is InChI=1S/C23H33ClO3S/c1-2-23(13-5-14-23)20(25)9-4-8-18-16(10-11-19(18)24)6-3-7-17-12-15-28-21(17)22(26)27/h4,8,12,15-16,18-20,25H,2-3,5-7,9-11,13-14H2,1H3,(H,26,27)/t16-,18+,19+,20?/m0/s1. The van der Waals surface area contributed by atoms with Gasteiger partial charge in [-0.1, -0.05) is 25.5 Å². The van der Waals surface area contributed by atoms with Gasteiger partial charge in [-0.3, -0.25) is 0 Å². The van der Waals surface area contributed by atoms with Crippen molar-refractivity contribution in [2.75, 3.05) is 0 Å². The molecule has 3 rings (SSSR count). The number of carbonyl (C=O) groups is 1. The van der Waals surface area contributed by atoms with Gasteiger partial charge >= 0.3 is 5.97 Å². The first-order valence-electron chi connectivity index (χ1n) is 10.8. The van der Waals surface area contributed by atoms with E-state index in [9.17, 15) is 15.0 Å². The SMILES string of the molecule is CCC1(C(O)CC=C[C@@H]2[C@@H](CCCc3ccsc3C(=O)O)CC[C@H]2Cl)CCC1. The Balaban J connectivity index is 1.49. The molecule has 28 heavy (non-hydrogen) atoms. The number of carboxylic acid groups (broad SMARTS) is 1. The highest BCUT2D eigenvalue weighted by Gasteiger charge is 2.41. The molecule has 1 aromatic heterocycles. The van der Waals surface area contributed by atoms with Gasteiger partial charge in [0.05, 0.1) is 6.10 Å². The van der Waals surface area contributed by atoms with Gasteiger partial charge < -0.3 is 10.2 Å². The molecule has 2 aliphatic rings. The fourth-order valence-electron chi connectivity index (χ4n) is 5.11. The van der Waals surface area contributed by atoms with Crippen molar-refractivity contribution in [2.24, 2.45) is 17.3 Å². The van der Waals surface area contributed by atoms with E-state index in [-0.39, 0.29) is 16.9 Å². The lowest BCUT2D eigenvalue weighted by Gasteiger charge is -2.45. The van der Waals surface area contributed by atoms with Crippen LogP contribution in [0.25, 0.3) is 0 Å². The van der Waals surface area contributed by atoms with Crippen LogP contribution in [0.15, 0.2) is 23.6 Å². The van der Waals surface area contributed by atoms with Gasteiger partial charge in [0.2, 0.25) is 0 Å². The summed E-state index contributed by atoms with van der Waals surface area (Å²) in [5.41, 5.74) is 1.11. The van der Waals surface area contributed by atoms with Gasteiger partial charge in [-0.15, -0.1) is 22.9 Å². The van der Waals surface area contributed by atoms with Crippen LogP contribution in [-0.2, 0) is 6.42 Å². The highest BCUT2D eigenvalue weighted by atomic mass is 35.5. The molecule has 0 spiro atoms. The average molecular weight is 425 g/mol. The zero-order valence-electron chi connectivity index (χ0n) is 16.8. The maximum atomic E-state index is 11.3. The number of hydrogen-bond acceptors (Lipinski definition) is 3. The quantitative estimate of drug-likeness (QED) is 0.342. The predicted molar refractivity (Wildman–Crippen MR) is 116 cm³/mol. The van der Waals surface area contributed by atoms with Crippen LogP contribution in [0.4, 0.5) is 0 Å². The maximum absolute atomic E-state index is 11.3. The summed E-state index contributed by atoms with van der Waals surface area (Å²) in [6, 6.07) is 1.94. The first kappa shape index (κ1) is 21.9. The number of halogens is 1. The smallest absolute Gasteiger partial charge is 0.346 e. The van der Waals surface area contributed by atoms with Gasteiger partial charge in [0.1, 0.15) is 4.88 Å². The van der Waals surface area contributed by atoms with Crippen LogP contribution < -0.4 is 0 Å². The van der Waals surface area contributed by atoms with E-state index in [1.54, 1.807) is 0 Å². The van der Waals surface area contributed by atoms with E-state index in [2.05, 4.69) is 19.1 Å². The lowest BCUT2D eigenvalue weighted by molar-refractivity contribution is -0.0355. The summed E-state index contributed by atoms with van der Waals surface area (Å²) in [7, 11) is 0. The largest absolute Gasteiger partial charge is 0.477 e. The van der Waals surface area contributed by atoms with Crippen LogP contribution in [0, 0.1) is 17.3 Å². The van der Waals surface area contributed by atoms with E-state index in [1.165, 1.54) is 17.8 Å². The molecule has 0 aromatic carbocycles. The average Bonchev–Trinajstić information content (AvgIpc) is 3.23. The van der Waals surface area contributed by atoms with Crippen molar-refractivity contribution in [1.82, 2.24) is 0 Å². The van der Waals surface area contributed by atoms with E-state index >= 15 is 0 Å². The van der Waals surface area contributed by atoms with Gasteiger partial charge in [0.15, 0.2) is 0 Å². The van der Waals surface area contributed by atoms with Crippen LogP contribution in [0.5, 0.6) is 0 Å². The zero-order valence-corrected chi connectivity index (χ0v) is 18.4. The molecule has 156 valence electrons. The number of aromatic carboxylic acids is 1. The Morgan fingerprint density at radius 1 is 1.43 bits per heavy atom. The Morgan fingerprint density at radius 2 is 2.21 bits per heavy atom. The van der Waals surface area contributed by atoms with Gasteiger partial charge in [-0.2, -0.15) is 0 Å². The molecule has 0 aliphatic heterocycles. The summed E-state index contributed by atoms with van der Waals surface area (Å²) in [4.78, 5) is 11.7. The van der Waals surface area contributed by atoms with Crippen molar-refractivity contribution < 1.29 is 15.0 Å². The first-order chi connectivity index (χ1) is 13.5. The molecule has 1 unspecified atom stereocenters. The number of thiophene rings is 1. The number of rotatable bonds is 10. The van der Waals surface area contributed by atoms with Crippen molar-refractivity contribution in [3.05, 3.63) is 34.0 Å². The second kappa shape index (κ2) is 9.77. The third kappa shape index (κ3) is 4.83. The molecule has 5 heteroatoms. The first-order valence-corrected chi connectivity index (χ1v) is 12.1.